The number of carbonyl (C=O) groups excluding carboxylic acids is 1. The number of amides is 1. The number of aryl methyl sites for hydroxylation is 1. The molecule has 3 heterocycles. The molecule has 2 aromatic rings. The second-order valence-electron chi connectivity index (χ2n) is 9.24. The van der Waals surface area contributed by atoms with Crippen LogP contribution in [0, 0.1) is 0 Å². The zero-order valence-corrected chi connectivity index (χ0v) is 19.1. The first kappa shape index (κ1) is 22.1. The van der Waals surface area contributed by atoms with Crippen LogP contribution >= 0.6 is 0 Å². The summed E-state index contributed by atoms with van der Waals surface area (Å²) >= 11 is 0. The number of nitrogens with zero attached hydrogens (tertiary/aromatic N) is 4. The number of ether oxygens (including phenoxy) is 2. The smallest absolute Gasteiger partial charge is 0.245 e. The van der Waals surface area contributed by atoms with Crippen molar-refractivity contribution in [2.75, 3.05) is 32.8 Å². The monoisotopic (exact) mass is 452 g/mol. The van der Waals surface area contributed by atoms with E-state index in [1.807, 2.05) is 18.2 Å². The number of unbranched alkanes of at least 4 members (excludes halogenated alkanes) is 1. The Bertz CT molecular complexity index is 992. The van der Waals surface area contributed by atoms with Gasteiger partial charge < -0.3 is 14.0 Å². The number of carbonyl (C=O) groups is 1. The molecule has 1 aliphatic carbocycles. The van der Waals surface area contributed by atoms with Crippen molar-refractivity contribution >= 4 is 11.6 Å². The summed E-state index contributed by atoms with van der Waals surface area (Å²) in [6, 6.07) is 6.00. The summed E-state index contributed by atoms with van der Waals surface area (Å²) in [6.45, 7) is 4.03. The lowest BCUT2D eigenvalue weighted by atomic mass is 10.1. The molecule has 8 nitrogen and oxygen atoms in total. The van der Waals surface area contributed by atoms with Crippen molar-refractivity contribution in [3.8, 4) is 11.5 Å². The molecular weight excluding hydrogens is 420 g/mol. The molecule has 1 saturated heterocycles. The molecule has 3 aliphatic rings. The molecule has 0 N–H and O–H groups in total. The van der Waals surface area contributed by atoms with Crippen molar-refractivity contribution in [3.05, 3.63) is 35.5 Å². The van der Waals surface area contributed by atoms with Gasteiger partial charge in [0.05, 0.1) is 0 Å². The predicted molar refractivity (Wildman–Crippen MR) is 123 cm³/mol. The molecule has 176 valence electrons. The first-order chi connectivity index (χ1) is 16.2. The molecule has 0 radical (unpaired) electrons. The Morgan fingerprint density at radius 2 is 1.91 bits per heavy atom. The van der Waals surface area contributed by atoms with Crippen LogP contribution in [0.2, 0.25) is 0 Å². The number of fused-ring (bicyclic) bond motifs is 1. The fourth-order valence-corrected chi connectivity index (χ4v) is 4.42. The van der Waals surface area contributed by atoms with Gasteiger partial charge in [0.1, 0.15) is 13.2 Å². The fourth-order valence-electron chi connectivity index (χ4n) is 4.42. The van der Waals surface area contributed by atoms with E-state index in [0.717, 1.165) is 73.9 Å². The molecule has 2 fully saturated rings. The van der Waals surface area contributed by atoms with Gasteiger partial charge in [-0.3, -0.25) is 9.69 Å². The van der Waals surface area contributed by atoms with Crippen LogP contribution in [-0.4, -0.2) is 59.5 Å². The Balaban J connectivity index is 1.16. The van der Waals surface area contributed by atoms with Gasteiger partial charge in [-0.05, 0) is 69.3 Å². The minimum Gasteiger partial charge on any atom is -0.486 e. The Morgan fingerprint density at radius 1 is 1.09 bits per heavy atom. The van der Waals surface area contributed by atoms with Crippen LogP contribution in [0.15, 0.2) is 27.7 Å². The summed E-state index contributed by atoms with van der Waals surface area (Å²) in [5, 5.41) is 4.05. The van der Waals surface area contributed by atoms with Crippen molar-refractivity contribution in [1.29, 1.82) is 0 Å². The van der Waals surface area contributed by atoms with E-state index in [-0.39, 0.29) is 5.91 Å². The highest BCUT2D eigenvalue weighted by molar-refractivity contribution is 5.98. The van der Waals surface area contributed by atoms with Crippen LogP contribution in [0.1, 0.15) is 68.1 Å². The quantitative estimate of drug-likeness (QED) is 0.401. The zero-order chi connectivity index (χ0) is 22.5. The molecule has 1 aromatic carbocycles. The second-order valence-corrected chi connectivity index (χ2v) is 9.24. The van der Waals surface area contributed by atoms with Gasteiger partial charge in [-0.15, -0.1) is 0 Å². The topological polar surface area (TPSA) is 90.0 Å². The Labute approximate surface area is 194 Å². The third-order valence-electron chi connectivity index (χ3n) is 6.36. The van der Waals surface area contributed by atoms with E-state index in [1.165, 1.54) is 12.8 Å². The van der Waals surface area contributed by atoms with Crippen LogP contribution in [0.4, 0.5) is 0 Å². The molecular formula is C25H32N4O4. The minimum atomic E-state index is -0.0501. The normalized spacial score (nSPS) is 18.6. The van der Waals surface area contributed by atoms with Gasteiger partial charge in [0.25, 0.3) is 0 Å². The first-order valence-corrected chi connectivity index (χ1v) is 12.3. The summed E-state index contributed by atoms with van der Waals surface area (Å²) in [4.78, 5) is 24.0. The summed E-state index contributed by atoms with van der Waals surface area (Å²) in [7, 11) is 0. The molecule has 2 aliphatic heterocycles. The van der Waals surface area contributed by atoms with Crippen molar-refractivity contribution in [3.63, 3.8) is 0 Å². The van der Waals surface area contributed by atoms with Crippen molar-refractivity contribution < 1.29 is 18.8 Å². The molecule has 1 saturated carbocycles. The van der Waals surface area contributed by atoms with E-state index in [4.69, 9.17) is 14.0 Å². The Kier molecular flexibility index (Phi) is 7.00. The first-order valence-electron chi connectivity index (χ1n) is 12.3. The van der Waals surface area contributed by atoms with E-state index < -0.39 is 0 Å². The van der Waals surface area contributed by atoms with Crippen LogP contribution in [0.5, 0.6) is 11.5 Å². The van der Waals surface area contributed by atoms with E-state index >= 15 is 0 Å². The molecule has 0 atom stereocenters. The third-order valence-corrected chi connectivity index (χ3v) is 6.36. The maximum Gasteiger partial charge on any atom is 0.245 e. The zero-order valence-electron chi connectivity index (χ0n) is 19.1. The predicted octanol–water partition coefficient (Wildman–Crippen LogP) is 3.74. The van der Waals surface area contributed by atoms with Gasteiger partial charge in [-0.2, -0.15) is 4.98 Å². The van der Waals surface area contributed by atoms with Crippen LogP contribution in [-0.2, 0) is 17.6 Å². The summed E-state index contributed by atoms with van der Waals surface area (Å²) < 4.78 is 16.7. The fraction of sp³-hybridized carbons (Fsp3) is 0.600. The lowest BCUT2D eigenvalue weighted by molar-refractivity contribution is -0.117. The molecule has 33 heavy (non-hydrogen) atoms. The van der Waals surface area contributed by atoms with Gasteiger partial charge in [0.15, 0.2) is 17.3 Å². The molecule has 5 rings (SSSR count). The lowest BCUT2D eigenvalue weighted by Gasteiger charge is -2.20. The number of likely N-dealkylation sites (tertiary alicyclic amines) is 1. The third kappa shape index (κ3) is 6.19. The van der Waals surface area contributed by atoms with Gasteiger partial charge in [-0.25, -0.2) is 4.99 Å². The molecule has 1 amide bonds. The van der Waals surface area contributed by atoms with Gasteiger partial charge in [0, 0.05) is 37.4 Å². The van der Waals surface area contributed by atoms with Crippen LogP contribution < -0.4 is 9.47 Å². The van der Waals surface area contributed by atoms with Crippen molar-refractivity contribution in [2.24, 2.45) is 4.99 Å². The summed E-state index contributed by atoms with van der Waals surface area (Å²) in [5.41, 5.74) is 2.01. The number of rotatable bonds is 10. The highest BCUT2D eigenvalue weighted by atomic mass is 16.6. The number of hydrogen-bond acceptors (Lipinski definition) is 7. The Morgan fingerprint density at radius 3 is 2.73 bits per heavy atom. The average molecular weight is 453 g/mol. The van der Waals surface area contributed by atoms with E-state index in [2.05, 4.69) is 20.0 Å². The number of aliphatic imine (C=N–C) groups is 1. The van der Waals surface area contributed by atoms with Crippen molar-refractivity contribution in [2.45, 2.75) is 63.7 Å². The SMILES string of the molecule is O=C(CCCCc1nc(C2CC2)no1)N=C(Cc1ccc2c(c1)OCCO2)CN1CCCC1. The summed E-state index contributed by atoms with van der Waals surface area (Å²) in [5.74, 6) is 3.53. The molecule has 0 bridgehead atoms. The second kappa shape index (κ2) is 10.5. The number of aromatic nitrogens is 2. The molecule has 1 aromatic heterocycles. The maximum atomic E-state index is 12.7. The Hall–Kier alpha value is -2.74. The lowest BCUT2D eigenvalue weighted by Crippen LogP contribution is -2.28. The van der Waals surface area contributed by atoms with E-state index in [1.54, 1.807) is 0 Å². The summed E-state index contributed by atoms with van der Waals surface area (Å²) in [6.07, 6.45) is 8.16. The van der Waals surface area contributed by atoms with E-state index in [0.29, 0.717) is 44.3 Å². The number of hydrogen-bond donors (Lipinski definition) is 0. The standard InChI is InChI=1S/C25H32N4O4/c30-23(5-1-2-6-24-27-25(28-33-24)19-8-9-19)26-20(17-29-11-3-4-12-29)15-18-7-10-21-22(16-18)32-14-13-31-21/h7,10,16,19H,1-6,8-9,11-15,17H2. The van der Waals surface area contributed by atoms with Gasteiger partial charge in [-0.1, -0.05) is 11.2 Å². The highest BCUT2D eigenvalue weighted by Crippen LogP contribution is 2.38. The van der Waals surface area contributed by atoms with Gasteiger partial charge >= 0.3 is 0 Å². The molecule has 0 spiro atoms. The molecule has 0 unspecified atom stereocenters. The molecule has 8 heteroatoms. The average Bonchev–Trinajstić information content (AvgIpc) is 3.34. The largest absolute Gasteiger partial charge is 0.486 e. The van der Waals surface area contributed by atoms with Crippen molar-refractivity contribution in [1.82, 2.24) is 15.0 Å². The highest BCUT2D eigenvalue weighted by Gasteiger charge is 2.28. The van der Waals surface area contributed by atoms with Crippen LogP contribution in [0.3, 0.4) is 0 Å². The van der Waals surface area contributed by atoms with Gasteiger partial charge in [0.2, 0.25) is 11.8 Å². The van der Waals surface area contributed by atoms with E-state index in [9.17, 15) is 4.79 Å². The number of benzene rings is 1. The maximum absolute atomic E-state index is 12.7. The minimum absolute atomic E-state index is 0.0501. The van der Waals surface area contributed by atoms with Crippen LogP contribution in [0.25, 0.3) is 0 Å².